The zero-order valence-corrected chi connectivity index (χ0v) is 25.6. The highest BCUT2D eigenvalue weighted by atomic mass is 15.1. The van der Waals surface area contributed by atoms with Crippen molar-refractivity contribution in [1.29, 1.82) is 0 Å². The molecular formula is C44H37N. The maximum absolute atomic E-state index is 2.51. The summed E-state index contributed by atoms with van der Waals surface area (Å²) >= 11 is 0. The van der Waals surface area contributed by atoms with Crippen LogP contribution in [0, 0.1) is 23.7 Å². The molecule has 0 heterocycles. The highest BCUT2D eigenvalue weighted by Gasteiger charge is 2.61. The van der Waals surface area contributed by atoms with Crippen molar-refractivity contribution in [3.05, 3.63) is 151 Å². The van der Waals surface area contributed by atoms with Gasteiger partial charge >= 0.3 is 0 Å². The van der Waals surface area contributed by atoms with Gasteiger partial charge in [0, 0.05) is 22.4 Å². The van der Waals surface area contributed by atoms with Gasteiger partial charge in [0.05, 0.1) is 5.69 Å². The normalized spacial score (nSPS) is 25.4. The first-order valence-electron chi connectivity index (χ1n) is 16.9. The van der Waals surface area contributed by atoms with E-state index < -0.39 is 0 Å². The molecule has 0 unspecified atom stereocenters. The molecule has 11 rings (SSSR count). The average Bonchev–Trinajstić information content (AvgIpc) is 3.39. The molecule has 1 heteroatoms. The molecule has 218 valence electrons. The van der Waals surface area contributed by atoms with Crippen LogP contribution in [0.2, 0.25) is 0 Å². The van der Waals surface area contributed by atoms with Gasteiger partial charge < -0.3 is 4.90 Å². The third-order valence-electron chi connectivity index (χ3n) is 12.0. The highest BCUT2D eigenvalue weighted by molar-refractivity contribution is 5.96. The van der Waals surface area contributed by atoms with Crippen LogP contribution in [0.3, 0.4) is 0 Å². The summed E-state index contributed by atoms with van der Waals surface area (Å²) in [5, 5.41) is 2.56. The van der Waals surface area contributed by atoms with Crippen LogP contribution in [0.1, 0.15) is 43.2 Å². The van der Waals surface area contributed by atoms with E-state index in [0.717, 1.165) is 23.7 Å². The molecule has 0 aromatic heterocycles. The van der Waals surface area contributed by atoms with Gasteiger partial charge in [0.1, 0.15) is 0 Å². The van der Waals surface area contributed by atoms with E-state index in [9.17, 15) is 0 Å². The lowest BCUT2D eigenvalue weighted by Crippen LogP contribution is -2.55. The van der Waals surface area contributed by atoms with Gasteiger partial charge in [0.25, 0.3) is 0 Å². The van der Waals surface area contributed by atoms with Crippen LogP contribution in [-0.4, -0.2) is 0 Å². The lowest BCUT2D eigenvalue weighted by molar-refractivity contribution is -0.0399. The SMILES string of the molecule is c1ccc(N(c2ccc(-c3ccc4ccccc4c3)cc2)c2cccc3c2-c2ccccc2C32C3CC4CC(C3)CC2C4)cc1. The standard InChI is InChI=1S/C44H37N/c1-2-11-37(12-3-1)45(38-21-19-32(20-22-38)34-18-17-31-9-4-5-10-33(31)28-34)42-16-8-15-41-43(42)39-13-6-7-14-40(39)44(41)35-24-29-23-30(26-35)27-36(44)25-29/h1-22,28-30,35-36H,23-27H2. The Labute approximate surface area is 266 Å². The van der Waals surface area contributed by atoms with Crippen molar-refractivity contribution < 1.29 is 0 Å². The second-order valence-corrected chi connectivity index (χ2v) is 14.2. The monoisotopic (exact) mass is 579 g/mol. The minimum Gasteiger partial charge on any atom is -0.310 e. The number of hydrogen-bond acceptors (Lipinski definition) is 1. The number of nitrogens with zero attached hydrogens (tertiary/aromatic N) is 1. The number of benzene rings is 6. The number of rotatable bonds is 4. The first-order valence-corrected chi connectivity index (χ1v) is 16.9. The summed E-state index contributed by atoms with van der Waals surface area (Å²) in [4.78, 5) is 2.51. The molecule has 4 fully saturated rings. The molecule has 0 N–H and O–H groups in total. The van der Waals surface area contributed by atoms with E-state index >= 15 is 0 Å². The lowest BCUT2D eigenvalue weighted by Gasteiger charge is -2.61. The van der Waals surface area contributed by atoms with E-state index in [4.69, 9.17) is 0 Å². The topological polar surface area (TPSA) is 3.24 Å². The molecule has 4 bridgehead atoms. The van der Waals surface area contributed by atoms with Gasteiger partial charge in [-0.05, 0) is 131 Å². The third-order valence-corrected chi connectivity index (χ3v) is 12.0. The van der Waals surface area contributed by atoms with Gasteiger partial charge in [-0.3, -0.25) is 0 Å². The van der Waals surface area contributed by atoms with Crippen LogP contribution < -0.4 is 4.90 Å². The van der Waals surface area contributed by atoms with Crippen molar-refractivity contribution in [2.75, 3.05) is 4.90 Å². The van der Waals surface area contributed by atoms with E-state index in [0.29, 0.717) is 0 Å². The summed E-state index contributed by atoms with van der Waals surface area (Å²) in [5.41, 5.74) is 12.5. The largest absolute Gasteiger partial charge is 0.310 e. The van der Waals surface area contributed by atoms with Crippen LogP contribution in [0.5, 0.6) is 0 Å². The van der Waals surface area contributed by atoms with Crippen LogP contribution in [0.4, 0.5) is 17.1 Å². The Balaban J connectivity index is 1.14. The Kier molecular flexibility index (Phi) is 5.53. The molecular weight excluding hydrogens is 542 g/mol. The summed E-state index contributed by atoms with van der Waals surface area (Å²) in [6, 6.07) is 52.3. The van der Waals surface area contributed by atoms with Gasteiger partial charge in [0.2, 0.25) is 0 Å². The predicted molar refractivity (Wildman–Crippen MR) is 187 cm³/mol. The van der Waals surface area contributed by atoms with E-state index in [1.807, 2.05) is 0 Å². The molecule has 6 aromatic rings. The Morgan fingerprint density at radius 3 is 1.87 bits per heavy atom. The summed E-state index contributed by atoms with van der Waals surface area (Å²) < 4.78 is 0. The van der Waals surface area contributed by atoms with E-state index in [1.54, 1.807) is 11.1 Å². The van der Waals surface area contributed by atoms with E-state index in [2.05, 4.69) is 144 Å². The fourth-order valence-corrected chi connectivity index (χ4v) is 10.5. The second kappa shape index (κ2) is 9.69. The second-order valence-electron chi connectivity index (χ2n) is 14.2. The average molecular weight is 580 g/mol. The minimum absolute atomic E-state index is 0.164. The van der Waals surface area contributed by atoms with Gasteiger partial charge in [0.15, 0.2) is 0 Å². The van der Waals surface area contributed by atoms with Gasteiger partial charge in [-0.1, -0.05) is 103 Å². The summed E-state index contributed by atoms with van der Waals surface area (Å²) in [6.07, 6.45) is 7.11. The van der Waals surface area contributed by atoms with E-state index in [-0.39, 0.29) is 5.41 Å². The molecule has 5 aliphatic carbocycles. The van der Waals surface area contributed by atoms with Crippen molar-refractivity contribution in [2.24, 2.45) is 23.7 Å². The summed E-state index contributed by atoms with van der Waals surface area (Å²) in [5.74, 6) is 3.41. The maximum Gasteiger partial charge on any atom is 0.0543 e. The summed E-state index contributed by atoms with van der Waals surface area (Å²) in [7, 11) is 0. The number of fused-ring (bicyclic) bond motifs is 4. The van der Waals surface area contributed by atoms with Crippen molar-refractivity contribution >= 4 is 27.8 Å². The van der Waals surface area contributed by atoms with Crippen molar-refractivity contribution in [3.63, 3.8) is 0 Å². The Morgan fingerprint density at radius 2 is 1.09 bits per heavy atom. The number of anilines is 3. The molecule has 0 saturated heterocycles. The molecule has 0 amide bonds. The predicted octanol–water partition coefficient (Wildman–Crippen LogP) is 11.7. The molecule has 45 heavy (non-hydrogen) atoms. The van der Waals surface area contributed by atoms with Crippen molar-refractivity contribution in [2.45, 2.75) is 37.5 Å². The van der Waals surface area contributed by atoms with Gasteiger partial charge in [-0.25, -0.2) is 0 Å². The van der Waals surface area contributed by atoms with Crippen molar-refractivity contribution in [3.8, 4) is 22.3 Å². The van der Waals surface area contributed by atoms with Crippen LogP contribution >= 0.6 is 0 Å². The van der Waals surface area contributed by atoms with Gasteiger partial charge in [-0.15, -0.1) is 0 Å². The smallest absolute Gasteiger partial charge is 0.0543 e. The fourth-order valence-electron chi connectivity index (χ4n) is 10.5. The van der Waals surface area contributed by atoms with Crippen LogP contribution in [-0.2, 0) is 5.41 Å². The zero-order valence-electron chi connectivity index (χ0n) is 25.6. The first kappa shape index (κ1) is 25.7. The Hall–Kier alpha value is -4.62. The molecule has 1 spiro atoms. The Morgan fingerprint density at radius 1 is 0.467 bits per heavy atom. The molecule has 0 radical (unpaired) electrons. The maximum atomic E-state index is 2.51. The highest BCUT2D eigenvalue weighted by Crippen LogP contribution is 2.70. The third kappa shape index (κ3) is 3.67. The van der Waals surface area contributed by atoms with Crippen molar-refractivity contribution in [1.82, 2.24) is 0 Å². The quantitative estimate of drug-likeness (QED) is 0.201. The Bertz CT molecular complexity index is 2040. The van der Waals surface area contributed by atoms with E-state index in [1.165, 1.54) is 82.2 Å². The fraction of sp³-hybridized carbons (Fsp3) is 0.227. The molecule has 4 saturated carbocycles. The minimum atomic E-state index is 0.164. The first-order chi connectivity index (χ1) is 22.3. The van der Waals surface area contributed by atoms with Crippen LogP contribution in [0.15, 0.2) is 140 Å². The molecule has 0 aliphatic heterocycles. The molecule has 0 atom stereocenters. The molecule has 1 nitrogen and oxygen atoms in total. The molecule has 5 aliphatic rings. The van der Waals surface area contributed by atoms with Crippen LogP contribution in [0.25, 0.3) is 33.0 Å². The van der Waals surface area contributed by atoms with Gasteiger partial charge in [-0.2, -0.15) is 0 Å². The lowest BCUT2D eigenvalue weighted by atomic mass is 9.43. The number of para-hydroxylation sites is 1. The number of hydrogen-bond donors (Lipinski definition) is 0. The zero-order chi connectivity index (χ0) is 29.5. The summed E-state index contributed by atoms with van der Waals surface area (Å²) in [6.45, 7) is 0. The molecule has 6 aromatic carbocycles.